The van der Waals surface area contributed by atoms with Crippen molar-refractivity contribution < 1.29 is 4.79 Å². The minimum Gasteiger partial charge on any atom is -0.341 e. The van der Waals surface area contributed by atoms with Gasteiger partial charge in [0, 0.05) is 24.5 Å². The summed E-state index contributed by atoms with van der Waals surface area (Å²) >= 11 is 0. The van der Waals surface area contributed by atoms with Crippen molar-refractivity contribution in [2.75, 3.05) is 23.3 Å². The number of rotatable bonds is 3. The number of hydrogen-bond acceptors (Lipinski definition) is 5. The molecule has 6 heteroatoms. The van der Waals surface area contributed by atoms with Gasteiger partial charge in [0.25, 0.3) is 5.91 Å². The quantitative estimate of drug-likeness (QED) is 0.932. The second-order valence-corrected chi connectivity index (χ2v) is 6.51. The van der Waals surface area contributed by atoms with Gasteiger partial charge >= 0.3 is 0 Å². The molecule has 0 spiro atoms. The summed E-state index contributed by atoms with van der Waals surface area (Å²) in [6.45, 7) is 5.94. The average Bonchev–Trinajstić information content (AvgIpc) is 2.62. The second kappa shape index (κ2) is 7.31. The molecule has 3 rings (SSSR count). The van der Waals surface area contributed by atoms with Crippen molar-refractivity contribution in [3.05, 3.63) is 47.3 Å². The van der Waals surface area contributed by atoms with Gasteiger partial charge in [0.15, 0.2) is 0 Å². The van der Waals surface area contributed by atoms with Crippen LogP contribution in [0.25, 0.3) is 0 Å². The van der Waals surface area contributed by atoms with E-state index in [4.69, 9.17) is 5.26 Å². The molecule has 6 nitrogen and oxygen atoms in total. The first-order valence-electron chi connectivity index (χ1n) is 8.47. The van der Waals surface area contributed by atoms with E-state index in [1.165, 1.54) is 0 Å². The normalized spacial score (nSPS) is 14.8. The van der Waals surface area contributed by atoms with Gasteiger partial charge in [0.2, 0.25) is 5.95 Å². The van der Waals surface area contributed by atoms with Crippen molar-refractivity contribution in [2.45, 2.75) is 26.7 Å². The molecule has 0 unspecified atom stereocenters. The van der Waals surface area contributed by atoms with E-state index < -0.39 is 0 Å². The molecular formula is C19H21N5O. The van der Waals surface area contributed by atoms with Gasteiger partial charge in [-0.1, -0.05) is 13.0 Å². The summed E-state index contributed by atoms with van der Waals surface area (Å²) in [6, 6.07) is 10.6. The minimum atomic E-state index is -0.299. The Balaban J connectivity index is 1.79. The number of anilines is 2. The van der Waals surface area contributed by atoms with Crippen molar-refractivity contribution in [2.24, 2.45) is 5.92 Å². The number of nitrogens with zero attached hydrogens (tertiary/aromatic N) is 4. The van der Waals surface area contributed by atoms with Crippen molar-refractivity contribution in [3.8, 4) is 6.07 Å². The van der Waals surface area contributed by atoms with Gasteiger partial charge in [0.1, 0.15) is 5.69 Å². The largest absolute Gasteiger partial charge is 0.341 e. The molecule has 2 aromatic rings. The highest BCUT2D eigenvalue weighted by molar-refractivity contribution is 6.03. The van der Waals surface area contributed by atoms with Crippen LogP contribution in [0, 0.1) is 24.2 Å². The standard InChI is InChI=1S/C19H21N5O/c1-13-6-8-24(9-7-13)19-21-14(2)10-17(23-19)18(25)22-16-5-3-4-15(11-16)12-20/h3-5,10-11,13H,6-9H2,1-2H3,(H,22,25). The van der Waals surface area contributed by atoms with E-state index in [0.29, 0.717) is 22.9 Å². The van der Waals surface area contributed by atoms with Crippen molar-refractivity contribution in [1.82, 2.24) is 9.97 Å². The summed E-state index contributed by atoms with van der Waals surface area (Å²) < 4.78 is 0. The first kappa shape index (κ1) is 16.9. The summed E-state index contributed by atoms with van der Waals surface area (Å²) in [7, 11) is 0. The topological polar surface area (TPSA) is 81.9 Å². The Hall–Kier alpha value is -2.94. The zero-order valence-corrected chi connectivity index (χ0v) is 14.5. The second-order valence-electron chi connectivity index (χ2n) is 6.51. The lowest BCUT2D eigenvalue weighted by Crippen LogP contribution is -2.34. The first-order chi connectivity index (χ1) is 12.0. The van der Waals surface area contributed by atoms with Crippen LogP contribution in [0.4, 0.5) is 11.6 Å². The zero-order chi connectivity index (χ0) is 17.8. The fourth-order valence-electron chi connectivity index (χ4n) is 2.88. The van der Waals surface area contributed by atoms with E-state index in [1.54, 1.807) is 30.3 Å². The molecule has 128 valence electrons. The molecule has 1 aromatic carbocycles. The first-order valence-corrected chi connectivity index (χ1v) is 8.47. The number of piperidine rings is 1. The molecule has 1 N–H and O–H groups in total. The molecule has 0 atom stereocenters. The van der Waals surface area contributed by atoms with E-state index >= 15 is 0 Å². The molecule has 1 aliphatic heterocycles. The van der Waals surface area contributed by atoms with Gasteiger partial charge in [-0.25, -0.2) is 9.97 Å². The van der Waals surface area contributed by atoms with E-state index in [0.717, 1.165) is 37.5 Å². The van der Waals surface area contributed by atoms with E-state index in [9.17, 15) is 4.79 Å². The highest BCUT2D eigenvalue weighted by atomic mass is 16.1. The number of carbonyl (C=O) groups is 1. The van der Waals surface area contributed by atoms with E-state index in [2.05, 4.69) is 33.2 Å². The fraction of sp³-hybridized carbons (Fsp3) is 0.368. The van der Waals surface area contributed by atoms with Crippen LogP contribution in [-0.2, 0) is 0 Å². The average molecular weight is 335 g/mol. The predicted octanol–water partition coefficient (Wildman–Crippen LogP) is 3.15. The summed E-state index contributed by atoms with van der Waals surface area (Å²) in [6.07, 6.45) is 2.22. The number of amides is 1. The summed E-state index contributed by atoms with van der Waals surface area (Å²) in [5.74, 6) is 1.03. The van der Waals surface area contributed by atoms with Gasteiger partial charge in [0.05, 0.1) is 11.6 Å². The Bertz CT molecular complexity index is 819. The molecule has 2 heterocycles. The SMILES string of the molecule is Cc1cc(C(=O)Nc2cccc(C#N)c2)nc(N2CCC(C)CC2)n1. The molecule has 0 radical (unpaired) electrons. The van der Waals surface area contributed by atoms with Crippen molar-refractivity contribution >= 4 is 17.5 Å². The Morgan fingerprint density at radius 1 is 1.28 bits per heavy atom. The Labute approximate surface area is 147 Å². The van der Waals surface area contributed by atoms with Crippen LogP contribution in [-0.4, -0.2) is 29.0 Å². The van der Waals surface area contributed by atoms with Crippen LogP contribution in [0.3, 0.4) is 0 Å². The molecule has 25 heavy (non-hydrogen) atoms. The van der Waals surface area contributed by atoms with Crippen LogP contribution < -0.4 is 10.2 Å². The van der Waals surface area contributed by atoms with Crippen molar-refractivity contribution in [3.63, 3.8) is 0 Å². The maximum absolute atomic E-state index is 12.6. The van der Waals surface area contributed by atoms with Crippen LogP contribution in [0.1, 0.15) is 41.5 Å². The van der Waals surface area contributed by atoms with Crippen LogP contribution in [0.2, 0.25) is 0 Å². The molecule has 1 fully saturated rings. The molecule has 1 amide bonds. The molecule has 0 aliphatic carbocycles. The maximum Gasteiger partial charge on any atom is 0.274 e. The molecular weight excluding hydrogens is 314 g/mol. The Kier molecular flexibility index (Phi) is 4.94. The third kappa shape index (κ3) is 4.13. The third-order valence-corrected chi connectivity index (χ3v) is 4.39. The van der Waals surface area contributed by atoms with Crippen molar-refractivity contribution in [1.29, 1.82) is 5.26 Å². The highest BCUT2D eigenvalue weighted by Gasteiger charge is 2.20. The van der Waals surface area contributed by atoms with E-state index in [1.807, 2.05) is 6.92 Å². The lowest BCUT2D eigenvalue weighted by atomic mass is 10.00. The Morgan fingerprint density at radius 3 is 2.76 bits per heavy atom. The number of aryl methyl sites for hydroxylation is 1. The van der Waals surface area contributed by atoms with Crippen LogP contribution in [0.15, 0.2) is 30.3 Å². The van der Waals surface area contributed by atoms with Gasteiger partial charge in [-0.3, -0.25) is 4.79 Å². The number of aromatic nitrogens is 2. The van der Waals surface area contributed by atoms with Crippen LogP contribution in [0.5, 0.6) is 0 Å². The zero-order valence-electron chi connectivity index (χ0n) is 14.5. The predicted molar refractivity (Wildman–Crippen MR) is 96.5 cm³/mol. The molecule has 0 saturated carbocycles. The summed E-state index contributed by atoms with van der Waals surface area (Å²) in [4.78, 5) is 23.6. The molecule has 0 bridgehead atoms. The van der Waals surface area contributed by atoms with Gasteiger partial charge in [-0.2, -0.15) is 5.26 Å². The lowest BCUT2D eigenvalue weighted by Gasteiger charge is -2.30. The lowest BCUT2D eigenvalue weighted by molar-refractivity contribution is 0.102. The monoisotopic (exact) mass is 335 g/mol. The number of carbonyl (C=O) groups excluding carboxylic acids is 1. The van der Waals surface area contributed by atoms with E-state index in [-0.39, 0.29) is 5.91 Å². The molecule has 1 saturated heterocycles. The third-order valence-electron chi connectivity index (χ3n) is 4.39. The number of benzene rings is 1. The highest BCUT2D eigenvalue weighted by Crippen LogP contribution is 2.21. The molecule has 1 aromatic heterocycles. The summed E-state index contributed by atoms with van der Waals surface area (Å²) in [5.41, 5.74) is 2.18. The van der Waals surface area contributed by atoms with Gasteiger partial charge < -0.3 is 10.2 Å². The minimum absolute atomic E-state index is 0.299. The maximum atomic E-state index is 12.6. The summed E-state index contributed by atoms with van der Waals surface area (Å²) in [5, 5.41) is 11.8. The fourth-order valence-corrected chi connectivity index (χ4v) is 2.88. The van der Waals surface area contributed by atoms with Crippen LogP contribution >= 0.6 is 0 Å². The number of hydrogen-bond donors (Lipinski definition) is 1. The Morgan fingerprint density at radius 2 is 2.04 bits per heavy atom. The number of nitriles is 1. The molecule has 1 aliphatic rings. The van der Waals surface area contributed by atoms with Gasteiger partial charge in [-0.15, -0.1) is 0 Å². The van der Waals surface area contributed by atoms with Gasteiger partial charge in [-0.05, 0) is 49.9 Å². The smallest absolute Gasteiger partial charge is 0.274 e. The number of nitrogens with one attached hydrogen (secondary N) is 1.